The molecule has 2 heterocycles. The summed E-state index contributed by atoms with van der Waals surface area (Å²) in [6, 6.07) is 2.24. The molecule has 0 atom stereocenters. The summed E-state index contributed by atoms with van der Waals surface area (Å²) in [6.45, 7) is 7.70. The molecule has 1 aromatic heterocycles. The lowest BCUT2D eigenvalue weighted by atomic mass is 9.94. The molecule has 0 spiro atoms. The normalized spacial score (nSPS) is 19.1. The van der Waals surface area contributed by atoms with Crippen molar-refractivity contribution in [2.75, 3.05) is 23.3 Å². The molecular weight excluding hydrogens is 228 g/mol. The highest BCUT2D eigenvalue weighted by atomic mass is 16.3. The highest BCUT2D eigenvalue weighted by Gasteiger charge is 2.27. The number of aromatic nitrogens is 2. The van der Waals surface area contributed by atoms with Crippen LogP contribution in [0.15, 0.2) is 12.3 Å². The highest BCUT2D eigenvalue weighted by Crippen LogP contribution is 2.24. The molecule has 5 nitrogen and oxygen atoms in total. The van der Waals surface area contributed by atoms with Crippen LogP contribution < -0.4 is 10.2 Å². The molecule has 18 heavy (non-hydrogen) atoms. The summed E-state index contributed by atoms with van der Waals surface area (Å²) in [5, 5.41) is 13.1. The lowest BCUT2D eigenvalue weighted by Crippen LogP contribution is -2.42. The molecule has 0 bridgehead atoms. The van der Waals surface area contributed by atoms with E-state index >= 15 is 0 Å². The third-order valence-corrected chi connectivity index (χ3v) is 3.22. The van der Waals surface area contributed by atoms with Crippen LogP contribution in [-0.2, 0) is 0 Å². The second-order valence-electron chi connectivity index (χ2n) is 5.52. The van der Waals surface area contributed by atoms with Crippen LogP contribution in [0.3, 0.4) is 0 Å². The van der Waals surface area contributed by atoms with Crippen molar-refractivity contribution >= 4 is 11.8 Å². The van der Waals surface area contributed by atoms with Crippen LogP contribution in [0.2, 0.25) is 0 Å². The van der Waals surface area contributed by atoms with Gasteiger partial charge in [0.1, 0.15) is 5.82 Å². The van der Waals surface area contributed by atoms with Gasteiger partial charge >= 0.3 is 0 Å². The van der Waals surface area contributed by atoms with Gasteiger partial charge in [0.25, 0.3) is 0 Å². The van der Waals surface area contributed by atoms with Crippen LogP contribution in [0.4, 0.5) is 11.8 Å². The second kappa shape index (κ2) is 5.10. The minimum absolute atomic E-state index is 0.322. The van der Waals surface area contributed by atoms with Gasteiger partial charge in [0.2, 0.25) is 5.95 Å². The van der Waals surface area contributed by atoms with Gasteiger partial charge in [-0.15, -0.1) is 0 Å². The zero-order chi connectivity index (χ0) is 13.2. The van der Waals surface area contributed by atoms with E-state index in [0.29, 0.717) is 12.0 Å². The molecule has 0 aromatic carbocycles. The van der Waals surface area contributed by atoms with Crippen molar-refractivity contribution in [2.45, 2.75) is 45.3 Å². The Labute approximate surface area is 108 Å². The first kappa shape index (κ1) is 13.1. The second-order valence-corrected chi connectivity index (χ2v) is 5.52. The molecule has 1 fully saturated rings. The lowest BCUT2D eigenvalue weighted by molar-refractivity contribution is 0.0350. The Morgan fingerprint density at radius 1 is 1.39 bits per heavy atom. The quantitative estimate of drug-likeness (QED) is 0.854. The van der Waals surface area contributed by atoms with Crippen LogP contribution >= 0.6 is 0 Å². The Kier molecular flexibility index (Phi) is 3.71. The Balaban J connectivity index is 2.05. The first-order valence-corrected chi connectivity index (χ1v) is 6.53. The van der Waals surface area contributed by atoms with Gasteiger partial charge < -0.3 is 15.3 Å². The maximum atomic E-state index is 9.94. The van der Waals surface area contributed by atoms with Gasteiger partial charge in [0, 0.05) is 25.3 Å². The molecule has 1 aliphatic heterocycles. The first-order chi connectivity index (χ1) is 8.46. The molecule has 1 saturated heterocycles. The Hall–Kier alpha value is -1.36. The Bertz CT molecular complexity index is 396. The molecule has 2 N–H and O–H groups in total. The van der Waals surface area contributed by atoms with Crippen LogP contribution in [0, 0.1) is 0 Å². The molecule has 0 unspecified atom stereocenters. The van der Waals surface area contributed by atoms with Gasteiger partial charge in [-0.2, -0.15) is 4.98 Å². The maximum absolute atomic E-state index is 9.94. The summed E-state index contributed by atoms with van der Waals surface area (Å²) in [4.78, 5) is 10.9. The van der Waals surface area contributed by atoms with E-state index < -0.39 is 5.60 Å². The molecule has 0 aliphatic carbocycles. The maximum Gasteiger partial charge on any atom is 0.224 e. The summed E-state index contributed by atoms with van der Waals surface area (Å²) in [7, 11) is 0. The van der Waals surface area contributed by atoms with Gasteiger partial charge in [0.05, 0.1) is 5.60 Å². The topological polar surface area (TPSA) is 61.3 Å². The molecular formula is C13H22N4O. The fourth-order valence-corrected chi connectivity index (χ4v) is 2.07. The lowest BCUT2D eigenvalue weighted by Gasteiger charge is -2.36. The number of nitrogens with zero attached hydrogens (tertiary/aromatic N) is 3. The SMILES string of the molecule is CC(C)Nc1nccc(N2CCC(C)(O)CC2)n1. The number of rotatable bonds is 3. The highest BCUT2D eigenvalue weighted by molar-refractivity contribution is 5.43. The standard InChI is InChI=1S/C13H22N4O/c1-10(2)15-12-14-7-4-11(16-12)17-8-5-13(3,18)6-9-17/h4,7,10,18H,5-6,8-9H2,1-3H3,(H,14,15,16). The van der Waals surface area contributed by atoms with Crippen molar-refractivity contribution in [1.29, 1.82) is 0 Å². The van der Waals surface area contributed by atoms with Crippen molar-refractivity contribution in [2.24, 2.45) is 0 Å². The molecule has 2 rings (SSSR count). The fourth-order valence-electron chi connectivity index (χ4n) is 2.07. The molecule has 0 radical (unpaired) electrons. The minimum Gasteiger partial charge on any atom is -0.390 e. The van der Waals surface area contributed by atoms with Gasteiger partial charge in [0.15, 0.2) is 0 Å². The van der Waals surface area contributed by atoms with Gasteiger partial charge in [-0.1, -0.05) is 0 Å². The van der Waals surface area contributed by atoms with E-state index in [-0.39, 0.29) is 0 Å². The zero-order valence-corrected chi connectivity index (χ0v) is 11.3. The average Bonchev–Trinajstić information content (AvgIpc) is 2.28. The Morgan fingerprint density at radius 3 is 2.67 bits per heavy atom. The van der Waals surface area contributed by atoms with Crippen molar-refractivity contribution in [1.82, 2.24) is 9.97 Å². The molecule has 1 aromatic rings. The summed E-state index contributed by atoms with van der Waals surface area (Å²) in [5.74, 6) is 1.60. The van der Waals surface area contributed by atoms with Gasteiger partial charge in [-0.3, -0.25) is 0 Å². The van der Waals surface area contributed by atoms with Crippen molar-refractivity contribution < 1.29 is 5.11 Å². The molecule has 100 valence electrons. The number of aliphatic hydroxyl groups is 1. The van der Waals surface area contributed by atoms with Crippen molar-refractivity contribution in [3.8, 4) is 0 Å². The smallest absolute Gasteiger partial charge is 0.224 e. The molecule has 0 amide bonds. The largest absolute Gasteiger partial charge is 0.390 e. The molecule has 1 aliphatic rings. The predicted octanol–water partition coefficient (Wildman–Crippen LogP) is 1.65. The summed E-state index contributed by atoms with van der Waals surface area (Å²) in [6.07, 6.45) is 3.34. The third-order valence-electron chi connectivity index (χ3n) is 3.22. The first-order valence-electron chi connectivity index (χ1n) is 6.53. The molecule has 0 saturated carbocycles. The number of piperidine rings is 1. The molecule has 5 heteroatoms. The van der Waals surface area contributed by atoms with Gasteiger partial charge in [-0.25, -0.2) is 4.98 Å². The van der Waals surface area contributed by atoms with E-state index in [4.69, 9.17) is 0 Å². The average molecular weight is 250 g/mol. The van der Waals surface area contributed by atoms with E-state index in [9.17, 15) is 5.11 Å². The zero-order valence-electron chi connectivity index (χ0n) is 11.3. The summed E-state index contributed by atoms with van der Waals surface area (Å²) >= 11 is 0. The Morgan fingerprint density at radius 2 is 2.06 bits per heavy atom. The van der Waals surface area contributed by atoms with Crippen LogP contribution in [0.5, 0.6) is 0 Å². The number of anilines is 2. The summed E-state index contributed by atoms with van der Waals surface area (Å²) in [5.41, 5.74) is -0.525. The van der Waals surface area contributed by atoms with E-state index in [1.807, 2.05) is 13.0 Å². The summed E-state index contributed by atoms with van der Waals surface area (Å²) < 4.78 is 0. The van der Waals surface area contributed by atoms with Gasteiger partial charge in [-0.05, 0) is 39.7 Å². The van der Waals surface area contributed by atoms with Crippen LogP contribution in [-0.4, -0.2) is 39.8 Å². The van der Waals surface area contributed by atoms with Crippen molar-refractivity contribution in [3.05, 3.63) is 12.3 Å². The van der Waals surface area contributed by atoms with E-state index in [1.54, 1.807) is 6.20 Å². The van der Waals surface area contributed by atoms with Crippen LogP contribution in [0.25, 0.3) is 0 Å². The monoisotopic (exact) mass is 250 g/mol. The van der Waals surface area contributed by atoms with Crippen molar-refractivity contribution in [3.63, 3.8) is 0 Å². The minimum atomic E-state index is -0.525. The predicted molar refractivity (Wildman–Crippen MR) is 72.9 cm³/mol. The number of hydrogen-bond donors (Lipinski definition) is 2. The number of nitrogens with one attached hydrogen (secondary N) is 1. The number of hydrogen-bond acceptors (Lipinski definition) is 5. The van der Waals surface area contributed by atoms with E-state index in [2.05, 4.69) is 34.0 Å². The van der Waals surface area contributed by atoms with E-state index in [0.717, 1.165) is 31.7 Å². The third kappa shape index (κ3) is 3.32. The fraction of sp³-hybridized carbons (Fsp3) is 0.692. The van der Waals surface area contributed by atoms with Crippen LogP contribution in [0.1, 0.15) is 33.6 Å². The van der Waals surface area contributed by atoms with E-state index in [1.165, 1.54) is 0 Å².